The third-order valence-electron chi connectivity index (χ3n) is 3.05. The first kappa shape index (κ1) is 14.6. The third-order valence-corrected chi connectivity index (χ3v) is 3.65. The highest BCUT2D eigenvalue weighted by Crippen LogP contribution is 2.36. The second-order valence-electron chi connectivity index (χ2n) is 4.35. The molecule has 0 aliphatic carbocycles. The molecule has 0 atom stereocenters. The average Bonchev–Trinajstić information content (AvgIpc) is 2.64. The van der Waals surface area contributed by atoms with E-state index in [4.69, 9.17) is 0 Å². The molecule has 0 bridgehead atoms. The molecule has 1 N–H and O–H groups in total. The molecule has 106 valence electrons. The van der Waals surface area contributed by atoms with E-state index in [0.29, 0.717) is 16.6 Å². The molecule has 5 nitrogen and oxygen atoms in total. The van der Waals surface area contributed by atoms with E-state index >= 15 is 0 Å². The molecule has 1 aromatic rings. The quantitative estimate of drug-likeness (QED) is 0.846. The van der Waals surface area contributed by atoms with Crippen LogP contribution in [0.3, 0.4) is 0 Å². The molecule has 0 saturated heterocycles. The van der Waals surface area contributed by atoms with Gasteiger partial charge in [0.1, 0.15) is 5.82 Å². The van der Waals surface area contributed by atoms with Crippen molar-refractivity contribution in [3.63, 3.8) is 0 Å². The number of Topliss-reactive ketones (excluding diaryl/α,β-unsaturated/α-hetero) is 1. The standard InChI is InChI=1S/C13H12BrFN2O3/c1-16-10(18)3-2-4-17-11-8(12(19)13(17)20)5-7(15)6-9(11)14/h5-6H,2-4H2,1H3,(H,16,18). The van der Waals surface area contributed by atoms with Crippen molar-refractivity contribution in [2.75, 3.05) is 18.5 Å². The lowest BCUT2D eigenvalue weighted by Crippen LogP contribution is -2.31. The number of nitrogens with zero attached hydrogens (tertiary/aromatic N) is 1. The minimum Gasteiger partial charge on any atom is -0.359 e. The SMILES string of the molecule is CNC(=O)CCCN1C(=O)C(=O)c2cc(F)cc(Br)c21. The van der Waals surface area contributed by atoms with Gasteiger partial charge >= 0.3 is 0 Å². The molecule has 20 heavy (non-hydrogen) atoms. The van der Waals surface area contributed by atoms with E-state index in [1.807, 2.05) is 0 Å². The first-order valence-electron chi connectivity index (χ1n) is 6.01. The van der Waals surface area contributed by atoms with Gasteiger partial charge in [-0.05, 0) is 34.5 Å². The van der Waals surface area contributed by atoms with Crippen LogP contribution in [0, 0.1) is 5.82 Å². The number of hydrogen-bond acceptors (Lipinski definition) is 3. The predicted octanol–water partition coefficient (Wildman–Crippen LogP) is 1.64. The van der Waals surface area contributed by atoms with Crippen LogP contribution in [0.2, 0.25) is 0 Å². The summed E-state index contributed by atoms with van der Waals surface area (Å²) in [5.74, 6) is -2.13. The lowest BCUT2D eigenvalue weighted by molar-refractivity contribution is -0.121. The molecule has 0 spiro atoms. The van der Waals surface area contributed by atoms with E-state index in [2.05, 4.69) is 21.2 Å². The van der Waals surface area contributed by atoms with Crippen LogP contribution in [0.25, 0.3) is 0 Å². The first-order valence-corrected chi connectivity index (χ1v) is 6.81. The summed E-state index contributed by atoms with van der Waals surface area (Å²) in [6, 6.07) is 2.26. The first-order chi connectivity index (χ1) is 9.45. The zero-order valence-corrected chi connectivity index (χ0v) is 12.3. The van der Waals surface area contributed by atoms with Crippen molar-refractivity contribution in [3.8, 4) is 0 Å². The van der Waals surface area contributed by atoms with Gasteiger partial charge in [-0.25, -0.2) is 4.39 Å². The van der Waals surface area contributed by atoms with Crippen molar-refractivity contribution < 1.29 is 18.8 Å². The summed E-state index contributed by atoms with van der Waals surface area (Å²) in [5.41, 5.74) is 0.431. The van der Waals surface area contributed by atoms with Crippen molar-refractivity contribution in [1.29, 1.82) is 0 Å². The molecular formula is C13H12BrFN2O3. The molecule has 1 aromatic carbocycles. The minimum atomic E-state index is -0.722. The largest absolute Gasteiger partial charge is 0.359 e. The van der Waals surface area contributed by atoms with Gasteiger partial charge in [-0.1, -0.05) is 0 Å². The Kier molecular flexibility index (Phi) is 4.17. The van der Waals surface area contributed by atoms with Crippen LogP contribution in [0.5, 0.6) is 0 Å². The molecular weight excluding hydrogens is 331 g/mol. The van der Waals surface area contributed by atoms with Gasteiger partial charge in [-0.2, -0.15) is 0 Å². The molecule has 0 radical (unpaired) electrons. The number of nitrogens with one attached hydrogen (secondary N) is 1. The Morgan fingerprint density at radius 1 is 1.40 bits per heavy atom. The highest BCUT2D eigenvalue weighted by Gasteiger charge is 2.37. The van der Waals surface area contributed by atoms with Gasteiger partial charge in [0.15, 0.2) is 0 Å². The number of anilines is 1. The summed E-state index contributed by atoms with van der Waals surface area (Å²) in [4.78, 5) is 36.1. The number of carbonyl (C=O) groups excluding carboxylic acids is 3. The van der Waals surface area contributed by atoms with Crippen molar-refractivity contribution in [2.45, 2.75) is 12.8 Å². The van der Waals surface area contributed by atoms with E-state index in [-0.39, 0.29) is 24.4 Å². The van der Waals surface area contributed by atoms with Crippen molar-refractivity contribution >= 4 is 39.2 Å². The second-order valence-corrected chi connectivity index (χ2v) is 5.20. The van der Waals surface area contributed by atoms with Crippen molar-refractivity contribution in [2.24, 2.45) is 0 Å². The van der Waals surface area contributed by atoms with Crippen LogP contribution in [-0.2, 0) is 9.59 Å². The van der Waals surface area contributed by atoms with Gasteiger partial charge in [0.05, 0.1) is 11.3 Å². The van der Waals surface area contributed by atoms with E-state index in [9.17, 15) is 18.8 Å². The molecule has 0 unspecified atom stereocenters. The van der Waals surface area contributed by atoms with Gasteiger partial charge in [-0.3, -0.25) is 14.4 Å². The Balaban J connectivity index is 2.22. The maximum Gasteiger partial charge on any atom is 0.299 e. The van der Waals surface area contributed by atoms with Gasteiger partial charge < -0.3 is 10.2 Å². The summed E-state index contributed by atoms with van der Waals surface area (Å²) < 4.78 is 13.6. The number of halogens is 2. The second kappa shape index (κ2) is 5.70. The molecule has 1 heterocycles. The smallest absolute Gasteiger partial charge is 0.299 e. The van der Waals surface area contributed by atoms with Crippen LogP contribution in [-0.4, -0.2) is 31.2 Å². The number of hydrogen-bond donors (Lipinski definition) is 1. The average molecular weight is 343 g/mol. The van der Waals surface area contributed by atoms with Crippen LogP contribution < -0.4 is 10.2 Å². The number of ketones is 1. The number of rotatable bonds is 4. The minimum absolute atomic E-state index is 0.0572. The zero-order chi connectivity index (χ0) is 14.9. The van der Waals surface area contributed by atoms with Crippen LogP contribution in [0.15, 0.2) is 16.6 Å². The summed E-state index contributed by atoms with van der Waals surface area (Å²) >= 11 is 3.16. The summed E-state index contributed by atoms with van der Waals surface area (Å²) in [6.07, 6.45) is 0.671. The molecule has 7 heteroatoms. The topological polar surface area (TPSA) is 66.5 Å². The van der Waals surface area contributed by atoms with Gasteiger partial charge in [0, 0.05) is 24.5 Å². The number of fused-ring (bicyclic) bond motifs is 1. The molecule has 0 saturated carbocycles. The lowest BCUT2D eigenvalue weighted by atomic mass is 10.1. The third kappa shape index (κ3) is 2.58. The van der Waals surface area contributed by atoms with E-state index in [1.165, 1.54) is 18.0 Å². The summed E-state index contributed by atoms with van der Waals surface area (Å²) in [7, 11) is 1.53. The highest BCUT2D eigenvalue weighted by molar-refractivity contribution is 9.10. The molecule has 2 rings (SSSR count). The maximum absolute atomic E-state index is 13.3. The normalized spacial score (nSPS) is 13.7. The summed E-state index contributed by atoms with van der Waals surface area (Å²) in [5, 5.41) is 2.48. The van der Waals surface area contributed by atoms with E-state index in [0.717, 1.165) is 6.07 Å². The van der Waals surface area contributed by atoms with Crippen LogP contribution >= 0.6 is 15.9 Å². The number of amides is 2. The fourth-order valence-electron chi connectivity index (χ4n) is 2.09. The fraction of sp³-hybridized carbons (Fsp3) is 0.308. The van der Waals surface area contributed by atoms with Gasteiger partial charge in [-0.15, -0.1) is 0 Å². The Labute approximate surface area is 123 Å². The predicted molar refractivity (Wildman–Crippen MR) is 74.1 cm³/mol. The zero-order valence-electron chi connectivity index (χ0n) is 10.7. The molecule has 1 aliphatic heterocycles. The van der Waals surface area contributed by atoms with Crippen LogP contribution in [0.4, 0.5) is 10.1 Å². The molecule has 1 aliphatic rings. The van der Waals surface area contributed by atoms with Gasteiger partial charge in [0.2, 0.25) is 5.91 Å². The Morgan fingerprint density at radius 3 is 2.75 bits per heavy atom. The van der Waals surface area contributed by atoms with Crippen molar-refractivity contribution in [3.05, 3.63) is 28.0 Å². The molecule has 0 aromatic heterocycles. The summed E-state index contributed by atoms with van der Waals surface area (Å²) in [6.45, 7) is 0.231. The van der Waals surface area contributed by atoms with E-state index < -0.39 is 17.5 Å². The molecule has 2 amide bonds. The Hall–Kier alpha value is -1.76. The monoisotopic (exact) mass is 342 g/mol. The number of benzene rings is 1. The van der Waals surface area contributed by atoms with Crippen LogP contribution in [0.1, 0.15) is 23.2 Å². The van der Waals surface area contributed by atoms with E-state index in [1.54, 1.807) is 0 Å². The number of carbonyl (C=O) groups is 3. The van der Waals surface area contributed by atoms with Crippen molar-refractivity contribution in [1.82, 2.24) is 5.32 Å². The lowest BCUT2D eigenvalue weighted by Gasteiger charge is -2.17. The Bertz CT molecular complexity index is 604. The molecule has 0 fully saturated rings. The Morgan fingerprint density at radius 2 is 2.10 bits per heavy atom. The fourth-order valence-corrected chi connectivity index (χ4v) is 2.74. The maximum atomic E-state index is 13.3. The highest BCUT2D eigenvalue weighted by atomic mass is 79.9. The van der Waals surface area contributed by atoms with Gasteiger partial charge in [0.25, 0.3) is 11.7 Å².